The molecule has 0 amide bonds. The van der Waals surface area contributed by atoms with Gasteiger partial charge in [-0.15, -0.1) is 0 Å². The zero-order valence-corrected chi connectivity index (χ0v) is 8.66. The van der Waals surface area contributed by atoms with E-state index < -0.39 is 0 Å². The molecule has 0 heterocycles. The van der Waals surface area contributed by atoms with E-state index in [4.69, 9.17) is 4.74 Å². The van der Waals surface area contributed by atoms with Gasteiger partial charge >= 0.3 is 5.97 Å². The Kier molecular flexibility index (Phi) is 3.51. The molecule has 0 saturated heterocycles. The molecule has 0 unspecified atom stereocenters. The van der Waals surface area contributed by atoms with Crippen LogP contribution in [0.3, 0.4) is 0 Å². The lowest BCUT2D eigenvalue weighted by Gasteiger charge is -2.10. The highest BCUT2D eigenvalue weighted by Crippen LogP contribution is 2.23. The van der Waals surface area contributed by atoms with Crippen molar-refractivity contribution in [2.45, 2.75) is 13.8 Å². The molecule has 0 bridgehead atoms. The number of carbonyl (C=O) groups excluding carboxylic acids is 1. The monoisotopic (exact) mass is 194 g/mol. The first kappa shape index (κ1) is 10.6. The molecular formula is C11H14O3. The fourth-order valence-electron chi connectivity index (χ4n) is 1.26. The molecule has 0 radical (unpaired) electrons. The summed E-state index contributed by atoms with van der Waals surface area (Å²) in [5.74, 6) is 0.249. The van der Waals surface area contributed by atoms with Crippen LogP contribution in [-0.2, 0) is 4.74 Å². The van der Waals surface area contributed by atoms with E-state index in [-0.39, 0.29) is 5.97 Å². The molecule has 0 fully saturated rings. The minimum atomic E-state index is -0.364. The lowest BCUT2D eigenvalue weighted by molar-refractivity contribution is 0.0596. The van der Waals surface area contributed by atoms with E-state index >= 15 is 0 Å². The summed E-state index contributed by atoms with van der Waals surface area (Å²) in [7, 11) is 1.36. The lowest BCUT2D eigenvalue weighted by atomic mass is 10.1. The smallest absolute Gasteiger partial charge is 0.341 e. The number of carbonyl (C=O) groups is 1. The van der Waals surface area contributed by atoms with Gasteiger partial charge in [-0.2, -0.15) is 0 Å². The summed E-state index contributed by atoms with van der Waals surface area (Å²) in [4.78, 5) is 11.4. The minimum Gasteiger partial charge on any atom is -0.493 e. The van der Waals surface area contributed by atoms with Crippen molar-refractivity contribution >= 4 is 5.97 Å². The Balaban J connectivity index is 3.13. The van der Waals surface area contributed by atoms with Crippen molar-refractivity contribution in [1.82, 2.24) is 0 Å². The predicted octanol–water partition coefficient (Wildman–Crippen LogP) is 2.18. The van der Waals surface area contributed by atoms with Gasteiger partial charge in [-0.05, 0) is 25.5 Å². The van der Waals surface area contributed by atoms with Gasteiger partial charge in [0, 0.05) is 0 Å². The largest absolute Gasteiger partial charge is 0.493 e. The number of hydrogen-bond donors (Lipinski definition) is 0. The number of benzene rings is 1. The fraction of sp³-hybridized carbons (Fsp3) is 0.364. The Morgan fingerprint density at radius 1 is 1.43 bits per heavy atom. The van der Waals surface area contributed by atoms with Crippen LogP contribution in [0.4, 0.5) is 0 Å². The molecule has 1 rings (SSSR count). The van der Waals surface area contributed by atoms with E-state index in [2.05, 4.69) is 4.74 Å². The normalized spacial score (nSPS) is 9.64. The van der Waals surface area contributed by atoms with E-state index in [9.17, 15) is 4.79 Å². The van der Waals surface area contributed by atoms with Gasteiger partial charge in [0.1, 0.15) is 11.3 Å². The van der Waals surface area contributed by atoms with Crippen LogP contribution in [-0.4, -0.2) is 19.7 Å². The van der Waals surface area contributed by atoms with Gasteiger partial charge in [-0.1, -0.05) is 12.1 Å². The number of ether oxygens (including phenoxy) is 2. The number of para-hydroxylation sites is 1. The highest BCUT2D eigenvalue weighted by Gasteiger charge is 2.13. The Hall–Kier alpha value is -1.51. The van der Waals surface area contributed by atoms with Crippen LogP contribution < -0.4 is 4.74 Å². The first-order chi connectivity index (χ1) is 6.70. The summed E-state index contributed by atoms with van der Waals surface area (Å²) in [6.07, 6.45) is 0. The van der Waals surface area contributed by atoms with Gasteiger partial charge < -0.3 is 9.47 Å². The zero-order valence-electron chi connectivity index (χ0n) is 8.66. The van der Waals surface area contributed by atoms with Gasteiger partial charge in [-0.25, -0.2) is 4.79 Å². The molecule has 76 valence electrons. The quantitative estimate of drug-likeness (QED) is 0.692. The maximum Gasteiger partial charge on any atom is 0.341 e. The van der Waals surface area contributed by atoms with Crippen LogP contribution in [0.2, 0.25) is 0 Å². The summed E-state index contributed by atoms with van der Waals surface area (Å²) in [5, 5.41) is 0. The number of esters is 1. The second-order valence-corrected chi connectivity index (χ2v) is 2.88. The van der Waals surface area contributed by atoms with Crippen molar-refractivity contribution in [1.29, 1.82) is 0 Å². The molecule has 1 aromatic rings. The van der Waals surface area contributed by atoms with Crippen molar-refractivity contribution in [3.8, 4) is 5.75 Å². The maximum atomic E-state index is 11.4. The summed E-state index contributed by atoms with van der Waals surface area (Å²) in [6, 6.07) is 5.41. The molecule has 0 aliphatic carbocycles. The van der Waals surface area contributed by atoms with E-state index in [0.29, 0.717) is 17.9 Å². The van der Waals surface area contributed by atoms with E-state index in [1.165, 1.54) is 7.11 Å². The van der Waals surface area contributed by atoms with Crippen molar-refractivity contribution in [3.05, 3.63) is 29.3 Å². The van der Waals surface area contributed by atoms with Gasteiger partial charge in [-0.3, -0.25) is 0 Å². The van der Waals surface area contributed by atoms with Gasteiger partial charge in [0.25, 0.3) is 0 Å². The molecule has 3 heteroatoms. The average molecular weight is 194 g/mol. The summed E-state index contributed by atoms with van der Waals surface area (Å²) < 4.78 is 10.0. The van der Waals surface area contributed by atoms with Crippen LogP contribution >= 0.6 is 0 Å². The topological polar surface area (TPSA) is 35.5 Å². The predicted molar refractivity (Wildman–Crippen MR) is 53.7 cm³/mol. The number of methoxy groups -OCH3 is 1. The highest BCUT2D eigenvalue weighted by molar-refractivity contribution is 5.92. The molecule has 14 heavy (non-hydrogen) atoms. The van der Waals surface area contributed by atoms with Gasteiger partial charge in [0.15, 0.2) is 0 Å². The number of hydrogen-bond acceptors (Lipinski definition) is 3. The van der Waals surface area contributed by atoms with Gasteiger partial charge in [0.05, 0.1) is 13.7 Å². The number of aryl methyl sites for hydroxylation is 1. The third kappa shape index (κ3) is 2.05. The van der Waals surface area contributed by atoms with Crippen LogP contribution in [0.1, 0.15) is 22.8 Å². The molecular weight excluding hydrogens is 180 g/mol. The van der Waals surface area contributed by atoms with Crippen molar-refractivity contribution in [2.24, 2.45) is 0 Å². The molecule has 0 aliphatic rings. The maximum absolute atomic E-state index is 11.4. The molecule has 0 spiro atoms. The standard InChI is InChI=1S/C11H14O3/c1-4-14-10-8(2)6-5-7-9(10)11(12)13-3/h5-7H,4H2,1-3H3. The number of rotatable bonds is 3. The SMILES string of the molecule is CCOc1c(C)cccc1C(=O)OC. The van der Waals surface area contributed by atoms with Crippen LogP contribution in [0.15, 0.2) is 18.2 Å². The van der Waals surface area contributed by atoms with Crippen LogP contribution in [0.25, 0.3) is 0 Å². The molecule has 0 atom stereocenters. The fourth-order valence-corrected chi connectivity index (χ4v) is 1.26. The zero-order chi connectivity index (χ0) is 10.6. The molecule has 0 N–H and O–H groups in total. The van der Waals surface area contributed by atoms with Crippen LogP contribution in [0.5, 0.6) is 5.75 Å². The highest BCUT2D eigenvalue weighted by atomic mass is 16.5. The van der Waals surface area contributed by atoms with Crippen LogP contribution in [0, 0.1) is 6.92 Å². The second kappa shape index (κ2) is 4.65. The Labute approximate surface area is 83.6 Å². The van der Waals surface area contributed by atoms with Crippen molar-refractivity contribution in [2.75, 3.05) is 13.7 Å². The Bertz CT molecular complexity index is 331. The summed E-state index contributed by atoms with van der Waals surface area (Å²) >= 11 is 0. The Morgan fingerprint density at radius 2 is 2.14 bits per heavy atom. The Morgan fingerprint density at radius 3 is 2.71 bits per heavy atom. The third-order valence-corrected chi connectivity index (χ3v) is 1.91. The second-order valence-electron chi connectivity index (χ2n) is 2.88. The summed E-state index contributed by atoms with van der Waals surface area (Å²) in [5.41, 5.74) is 1.42. The summed E-state index contributed by atoms with van der Waals surface area (Å²) in [6.45, 7) is 4.32. The van der Waals surface area contributed by atoms with E-state index in [1.54, 1.807) is 6.07 Å². The average Bonchev–Trinajstić information content (AvgIpc) is 2.20. The molecule has 0 aromatic heterocycles. The van der Waals surface area contributed by atoms with E-state index in [1.807, 2.05) is 26.0 Å². The van der Waals surface area contributed by atoms with E-state index in [0.717, 1.165) is 5.56 Å². The molecule has 3 nitrogen and oxygen atoms in total. The van der Waals surface area contributed by atoms with Crippen molar-refractivity contribution in [3.63, 3.8) is 0 Å². The lowest BCUT2D eigenvalue weighted by Crippen LogP contribution is -2.06. The first-order valence-electron chi connectivity index (χ1n) is 4.51. The molecule has 0 aliphatic heterocycles. The third-order valence-electron chi connectivity index (χ3n) is 1.91. The molecule has 1 aromatic carbocycles. The van der Waals surface area contributed by atoms with Crippen molar-refractivity contribution < 1.29 is 14.3 Å². The van der Waals surface area contributed by atoms with Gasteiger partial charge in [0.2, 0.25) is 0 Å². The molecule has 0 saturated carbocycles. The minimum absolute atomic E-state index is 0.364. The first-order valence-corrected chi connectivity index (χ1v) is 4.51.